The number of aliphatic hydroxyl groups excluding tert-OH is 1. The van der Waals surface area contributed by atoms with Gasteiger partial charge in [-0.15, -0.1) is 12.4 Å². The summed E-state index contributed by atoms with van der Waals surface area (Å²) >= 11 is 0. The van der Waals surface area contributed by atoms with Gasteiger partial charge in [0.05, 0.1) is 13.2 Å². The fourth-order valence-electron chi connectivity index (χ4n) is 3.28. The minimum Gasteiger partial charge on any atom is -0.497 e. The molecule has 0 saturated carbocycles. The van der Waals surface area contributed by atoms with Crippen LogP contribution < -0.4 is 14.8 Å². The number of carbonyl (C=O) groups excluding carboxylic acids is 1. The molecular formula is C24H30ClN3O4. The van der Waals surface area contributed by atoms with Crippen LogP contribution in [0.2, 0.25) is 0 Å². The molecule has 2 atom stereocenters. The molecule has 7 nitrogen and oxygen atoms in total. The van der Waals surface area contributed by atoms with E-state index < -0.39 is 6.10 Å². The maximum Gasteiger partial charge on any atom is 0.162 e. The maximum absolute atomic E-state index is 11.7. The molecule has 1 aromatic heterocycles. The van der Waals surface area contributed by atoms with Gasteiger partial charge in [-0.3, -0.25) is 4.79 Å². The highest BCUT2D eigenvalue weighted by molar-refractivity contribution is 5.95. The number of halogens is 1. The number of benzene rings is 2. The molecule has 2 unspecified atom stereocenters. The maximum atomic E-state index is 11.7. The first-order chi connectivity index (χ1) is 15.0. The lowest BCUT2D eigenvalue weighted by Crippen LogP contribution is -2.35. The zero-order valence-electron chi connectivity index (χ0n) is 18.5. The van der Waals surface area contributed by atoms with Gasteiger partial charge in [0, 0.05) is 38.0 Å². The van der Waals surface area contributed by atoms with E-state index in [0.29, 0.717) is 24.3 Å². The highest BCUT2D eigenvalue weighted by Gasteiger charge is 2.20. The van der Waals surface area contributed by atoms with Crippen LogP contribution in [0.3, 0.4) is 0 Å². The molecule has 2 aromatic carbocycles. The zero-order valence-corrected chi connectivity index (χ0v) is 19.3. The lowest BCUT2D eigenvalue weighted by molar-refractivity contribution is 0.0986. The monoisotopic (exact) mass is 459 g/mol. The summed E-state index contributed by atoms with van der Waals surface area (Å²) in [7, 11) is 3.57. The van der Waals surface area contributed by atoms with Gasteiger partial charge in [-0.25, -0.2) is 4.98 Å². The number of imidazole rings is 1. The van der Waals surface area contributed by atoms with Crippen molar-refractivity contribution in [2.75, 3.05) is 20.3 Å². The summed E-state index contributed by atoms with van der Waals surface area (Å²) in [5.41, 5.74) is 1.64. The van der Waals surface area contributed by atoms with Gasteiger partial charge in [0.15, 0.2) is 5.78 Å². The molecule has 2 N–H and O–H groups in total. The summed E-state index contributed by atoms with van der Waals surface area (Å²) in [6, 6.07) is 14.5. The van der Waals surface area contributed by atoms with E-state index in [4.69, 9.17) is 9.47 Å². The normalized spacial score (nSPS) is 12.5. The molecule has 1 heterocycles. The highest BCUT2D eigenvalue weighted by Crippen LogP contribution is 2.24. The van der Waals surface area contributed by atoms with E-state index in [1.807, 2.05) is 49.0 Å². The van der Waals surface area contributed by atoms with Crippen molar-refractivity contribution in [3.8, 4) is 11.5 Å². The minimum absolute atomic E-state index is 0. The van der Waals surface area contributed by atoms with E-state index >= 15 is 0 Å². The number of Topliss-reactive ketones (excluding diaryl/α,β-unsaturated/α-hetero) is 1. The Labute approximate surface area is 194 Å². The molecule has 0 aliphatic heterocycles. The Morgan fingerprint density at radius 1 is 1.19 bits per heavy atom. The average Bonchev–Trinajstić information content (AvgIpc) is 3.23. The summed E-state index contributed by atoms with van der Waals surface area (Å²) in [5, 5.41) is 13.8. The Hall–Kier alpha value is -2.87. The number of aromatic nitrogens is 2. The van der Waals surface area contributed by atoms with E-state index in [9.17, 15) is 9.90 Å². The molecule has 0 fully saturated rings. The molecule has 0 aliphatic carbocycles. The molecule has 3 aromatic rings. The first-order valence-corrected chi connectivity index (χ1v) is 10.3. The van der Waals surface area contributed by atoms with Crippen LogP contribution in [0.5, 0.6) is 11.5 Å². The van der Waals surface area contributed by atoms with E-state index in [-0.39, 0.29) is 30.8 Å². The first kappa shape index (κ1) is 25.4. The second-order valence-electron chi connectivity index (χ2n) is 7.28. The van der Waals surface area contributed by atoms with Crippen LogP contribution in [0, 0.1) is 0 Å². The predicted molar refractivity (Wildman–Crippen MR) is 126 cm³/mol. The number of aliphatic hydroxyl groups is 1. The molecule has 0 saturated heterocycles. The lowest BCUT2D eigenvalue weighted by Gasteiger charge is -2.22. The van der Waals surface area contributed by atoms with Gasteiger partial charge in [0.1, 0.15) is 30.0 Å². The fraction of sp³-hybridized carbons (Fsp3) is 0.333. The van der Waals surface area contributed by atoms with Crippen LogP contribution in [0.25, 0.3) is 0 Å². The number of ketones is 1. The van der Waals surface area contributed by atoms with Gasteiger partial charge in [-0.1, -0.05) is 19.1 Å². The first-order valence-electron chi connectivity index (χ1n) is 10.3. The standard InChI is InChI=1S/C24H29N3O4.ClH/c1-4-22(29)17-8-10-20(11-9-17)31-16-19(28)15-26-23(24-25-12-13-27(24)2)18-6-5-7-21(14-18)30-3;/h5-14,19,23,26,28H,4,15-16H2,1-3H3;1H. The molecule has 172 valence electrons. The van der Waals surface area contributed by atoms with E-state index in [1.54, 1.807) is 37.6 Å². The lowest BCUT2D eigenvalue weighted by atomic mass is 10.1. The third-order valence-corrected chi connectivity index (χ3v) is 5.04. The van der Waals surface area contributed by atoms with E-state index in [2.05, 4.69) is 10.3 Å². The number of nitrogens with zero attached hydrogens (tertiary/aromatic N) is 2. The van der Waals surface area contributed by atoms with Gasteiger partial charge in [-0.2, -0.15) is 0 Å². The minimum atomic E-state index is -0.731. The summed E-state index contributed by atoms with van der Waals surface area (Å²) in [6.45, 7) is 2.26. The van der Waals surface area contributed by atoms with Crippen LogP contribution in [-0.2, 0) is 7.05 Å². The summed E-state index contributed by atoms with van der Waals surface area (Å²) < 4.78 is 13.0. The molecule has 0 radical (unpaired) electrons. The quantitative estimate of drug-likeness (QED) is 0.426. The molecule has 3 rings (SSSR count). The Kier molecular flexibility index (Phi) is 9.71. The summed E-state index contributed by atoms with van der Waals surface area (Å²) in [5.74, 6) is 2.29. The van der Waals surface area contributed by atoms with Crippen LogP contribution in [0.4, 0.5) is 0 Å². The number of rotatable bonds is 11. The number of ether oxygens (including phenoxy) is 2. The van der Waals surface area contributed by atoms with Crippen molar-refractivity contribution in [2.45, 2.75) is 25.5 Å². The van der Waals surface area contributed by atoms with Crippen molar-refractivity contribution in [1.82, 2.24) is 14.9 Å². The number of carbonyl (C=O) groups is 1. The van der Waals surface area contributed by atoms with E-state index in [0.717, 1.165) is 17.1 Å². The Morgan fingerprint density at radius 2 is 1.94 bits per heavy atom. The second-order valence-corrected chi connectivity index (χ2v) is 7.28. The summed E-state index contributed by atoms with van der Waals surface area (Å²) in [4.78, 5) is 16.2. The molecule has 32 heavy (non-hydrogen) atoms. The molecular weight excluding hydrogens is 430 g/mol. The van der Waals surface area contributed by atoms with Gasteiger partial charge in [-0.05, 0) is 42.0 Å². The average molecular weight is 460 g/mol. The van der Waals surface area contributed by atoms with Gasteiger partial charge in [0.25, 0.3) is 0 Å². The zero-order chi connectivity index (χ0) is 22.2. The number of methoxy groups -OCH3 is 1. The van der Waals surface area contributed by atoms with Crippen molar-refractivity contribution in [3.63, 3.8) is 0 Å². The van der Waals surface area contributed by atoms with Crippen molar-refractivity contribution in [2.24, 2.45) is 7.05 Å². The second kappa shape index (κ2) is 12.2. The van der Waals surface area contributed by atoms with Crippen molar-refractivity contribution in [1.29, 1.82) is 0 Å². The topological polar surface area (TPSA) is 85.6 Å². The molecule has 0 aliphatic rings. The van der Waals surface area contributed by atoms with E-state index in [1.165, 1.54) is 0 Å². The number of hydrogen-bond donors (Lipinski definition) is 2. The smallest absolute Gasteiger partial charge is 0.162 e. The number of hydrogen-bond acceptors (Lipinski definition) is 6. The number of nitrogens with one attached hydrogen (secondary N) is 1. The predicted octanol–water partition coefficient (Wildman–Crippen LogP) is 3.56. The Balaban J connectivity index is 0.00000363. The molecule has 0 spiro atoms. The third kappa shape index (κ3) is 6.56. The van der Waals surface area contributed by atoms with Gasteiger partial charge in [0.2, 0.25) is 0 Å². The molecule has 0 bridgehead atoms. The van der Waals surface area contributed by atoms with Crippen LogP contribution in [-0.4, -0.2) is 46.8 Å². The number of aryl methyl sites for hydroxylation is 1. The van der Waals surface area contributed by atoms with Crippen LogP contribution in [0.1, 0.15) is 41.1 Å². The highest BCUT2D eigenvalue weighted by atomic mass is 35.5. The van der Waals surface area contributed by atoms with Crippen molar-refractivity contribution in [3.05, 3.63) is 77.9 Å². The fourth-order valence-corrected chi connectivity index (χ4v) is 3.28. The van der Waals surface area contributed by atoms with Crippen molar-refractivity contribution >= 4 is 18.2 Å². The molecule has 0 amide bonds. The van der Waals surface area contributed by atoms with Crippen LogP contribution >= 0.6 is 12.4 Å². The van der Waals surface area contributed by atoms with Crippen LogP contribution in [0.15, 0.2) is 60.9 Å². The van der Waals surface area contributed by atoms with Gasteiger partial charge >= 0.3 is 0 Å². The Morgan fingerprint density at radius 3 is 2.56 bits per heavy atom. The van der Waals surface area contributed by atoms with Crippen molar-refractivity contribution < 1.29 is 19.4 Å². The summed E-state index contributed by atoms with van der Waals surface area (Å²) in [6.07, 6.45) is 3.37. The Bertz CT molecular complexity index is 991. The third-order valence-electron chi connectivity index (χ3n) is 5.04. The SMILES string of the molecule is CCC(=O)c1ccc(OCC(O)CNC(c2cccc(OC)c2)c2nccn2C)cc1.Cl. The van der Waals surface area contributed by atoms with Gasteiger partial charge < -0.3 is 24.5 Å². The largest absolute Gasteiger partial charge is 0.497 e. The molecule has 8 heteroatoms.